The lowest BCUT2D eigenvalue weighted by Crippen LogP contribution is -2.28. The molecule has 0 aliphatic rings. The number of nitrogens with two attached hydrogens (primary N) is 1. The molecule has 2 N–H and O–H groups in total. The van der Waals surface area contributed by atoms with Crippen molar-refractivity contribution < 1.29 is 4.39 Å². The van der Waals surface area contributed by atoms with Crippen LogP contribution in [0.5, 0.6) is 0 Å². The van der Waals surface area contributed by atoms with Gasteiger partial charge >= 0.3 is 0 Å². The van der Waals surface area contributed by atoms with E-state index in [4.69, 9.17) is 17.3 Å². The van der Waals surface area contributed by atoms with Crippen LogP contribution in [0.15, 0.2) is 18.2 Å². The summed E-state index contributed by atoms with van der Waals surface area (Å²) < 4.78 is 13.0. The molecule has 0 fully saturated rings. The third-order valence-corrected chi connectivity index (χ3v) is 3.34. The Morgan fingerprint density at radius 2 is 2.13 bits per heavy atom. The van der Waals surface area contributed by atoms with Gasteiger partial charge in [-0.2, -0.15) is 0 Å². The Morgan fingerprint density at radius 1 is 1.47 bits per heavy atom. The fourth-order valence-electron chi connectivity index (χ4n) is 1.48. The normalized spacial score (nSPS) is 15.0. The second-order valence-electron chi connectivity index (χ2n) is 4.28. The van der Waals surface area contributed by atoms with Crippen LogP contribution in [0.25, 0.3) is 0 Å². The van der Waals surface area contributed by atoms with E-state index in [0.29, 0.717) is 11.6 Å². The molecule has 0 amide bonds. The summed E-state index contributed by atoms with van der Waals surface area (Å²) in [5, 5.41) is 0.615. The molecule has 0 radical (unpaired) electrons. The summed E-state index contributed by atoms with van der Waals surface area (Å²) in [5.74, 6) is -0.245. The molecule has 1 atom stereocenters. The van der Waals surface area contributed by atoms with Crippen LogP contribution in [-0.4, -0.2) is 6.54 Å². The summed E-state index contributed by atoms with van der Waals surface area (Å²) in [6, 6.07) is 4.46. The van der Waals surface area contributed by atoms with E-state index in [1.807, 2.05) is 0 Å². The van der Waals surface area contributed by atoms with Crippen molar-refractivity contribution in [2.75, 3.05) is 6.54 Å². The van der Waals surface area contributed by atoms with Crippen molar-refractivity contribution in [1.82, 2.24) is 0 Å². The van der Waals surface area contributed by atoms with Crippen molar-refractivity contribution in [3.05, 3.63) is 34.6 Å². The predicted molar refractivity (Wildman–Crippen MR) is 62.6 cm³/mol. The minimum Gasteiger partial charge on any atom is -0.330 e. The molecule has 84 valence electrons. The van der Waals surface area contributed by atoms with Gasteiger partial charge in [0.25, 0.3) is 0 Å². The standard InChI is InChI=1S/C12H17ClFN/c1-3-12(2,8-15)7-9-6-10(14)4-5-11(9)13/h4-6H,3,7-8,15H2,1-2H3. The number of halogens is 2. The van der Waals surface area contributed by atoms with Gasteiger partial charge in [0, 0.05) is 5.02 Å². The predicted octanol–water partition coefficient (Wildman–Crippen LogP) is 3.40. The van der Waals surface area contributed by atoms with Crippen LogP contribution in [-0.2, 0) is 6.42 Å². The van der Waals surface area contributed by atoms with E-state index in [1.54, 1.807) is 6.07 Å². The average molecular weight is 230 g/mol. The molecule has 1 nitrogen and oxygen atoms in total. The van der Waals surface area contributed by atoms with Crippen LogP contribution in [0.1, 0.15) is 25.8 Å². The molecule has 1 unspecified atom stereocenters. The molecule has 0 saturated carbocycles. The molecule has 1 rings (SSSR count). The first kappa shape index (κ1) is 12.5. The van der Waals surface area contributed by atoms with Crippen LogP contribution < -0.4 is 5.73 Å². The molecular weight excluding hydrogens is 213 g/mol. The zero-order chi connectivity index (χ0) is 11.5. The minimum absolute atomic E-state index is 0.00255. The van der Waals surface area contributed by atoms with Gasteiger partial charge in [-0.25, -0.2) is 4.39 Å². The van der Waals surface area contributed by atoms with E-state index in [-0.39, 0.29) is 11.2 Å². The Kier molecular flexibility index (Phi) is 4.12. The minimum atomic E-state index is -0.245. The molecule has 3 heteroatoms. The molecule has 15 heavy (non-hydrogen) atoms. The smallest absolute Gasteiger partial charge is 0.123 e. The van der Waals surface area contributed by atoms with E-state index in [1.165, 1.54) is 12.1 Å². The van der Waals surface area contributed by atoms with Crippen molar-refractivity contribution in [2.24, 2.45) is 11.1 Å². The lowest BCUT2D eigenvalue weighted by atomic mass is 9.81. The van der Waals surface area contributed by atoms with Gasteiger partial charge in [0.2, 0.25) is 0 Å². The number of hydrogen-bond donors (Lipinski definition) is 1. The SMILES string of the molecule is CCC(C)(CN)Cc1cc(F)ccc1Cl. The van der Waals surface area contributed by atoms with Crippen molar-refractivity contribution in [2.45, 2.75) is 26.7 Å². The van der Waals surface area contributed by atoms with Gasteiger partial charge in [0.15, 0.2) is 0 Å². The summed E-state index contributed by atoms with van der Waals surface area (Å²) in [4.78, 5) is 0. The van der Waals surface area contributed by atoms with E-state index in [9.17, 15) is 4.39 Å². The van der Waals surface area contributed by atoms with E-state index >= 15 is 0 Å². The van der Waals surface area contributed by atoms with Crippen LogP contribution in [0.2, 0.25) is 5.02 Å². The van der Waals surface area contributed by atoms with E-state index in [2.05, 4.69) is 13.8 Å². The molecule has 0 spiro atoms. The first-order valence-corrected chi connectivity index (χ1v) is 5.52. The Bertz CT molecular complexity index is 334. The van der Waals surface area contributed by atoms with Gasteiger partial charge in [-0.1, -0.05) is 25.4 Å². The topological polar surface area (TPSA) is 26.0 Å². The molecule has 1 aromatic rings. The zero-order valence-corrected chi connectivity index (χ0v) is 9.94. The van der Waals surface area contributed by atoms with Crippen LogP contribution in [0, 0.1) is 11.2 Å². The maximum Gasteiger partial charge on any atom is 0.123 e. The molecule has 0 aliphatic carbocycles. The fourth-order valence-corrected chi connectivity index (χ4v) is 1.66. The summed E-state index contributed by atoms with van der Waals surface area (Å²) in [6.45, 7) is 4.75. The molecule has 1 aromatic carbocycles. The highest BCUT2D eigenvalue weighted by Crippen LogP contribution is 2.29. The Balaban J connectivity index is 2.92. The van der Waals surface area contributed by atoms with Crippen molar-refractivity contribution >= 4 is 11.6 Å². The van der Waals surface area contributed by atoms with E-state index < -0.39 is 0 Å². The molecule has 0 aromatic heterocycles. The largest absolute Gasteiger partial charge is 0.330 e. The Morgan fingerprint density at radius 3 is 2.67 bits per heavy atom. The van der Waals surface area contributed by atoms with Crippen molar-refractivity contribution in [3.8, 4) is 0 Å². The number of hydrogen-bond acceptors (Lipinski definition) is 1. The van der Waals surface area contributed by atoms with Crippen LogP contribution in [0.4, 0.5) is 4.39 Å². The third-order valence-electron chi connectivity index (χ3n) is 2.97. The van der Waals surface area contributed by atoms with Gasteiger partial charge in [-0.3, -0.25) is 0 Å². The maximum atomic E-state index is 13.0. The van der Waals surface area contributed by atoms with E-state index in [0.717, 1.165) is 18.4 Å². The third kappa shape index (κ3) is 3.18. The Labute approximate surface area is 95.4 Å². The number of rotatable bonds is 4. The average Bonchev–Trinajstić information content (AvgIpc) is 2.23. The lowest BCUT2D eigenvalue weighted by molar-refractivity contribution is 0.320. The first-order chi connectivity index (χ1) is 7.00. The maximum absolute atomic E-state index is 13.0. The van der Waals surface area contributed by atoms with Gasteiger partial charge < -0.3 is 5.73 Å². The van der Waals surface area contributed by atoms with Crippen molar-refractivity contribution in [3.63, 3.8) is 0 Å². The summed E-state index contributed by atoms with van der Waals surface area (Å²) >= 11 is 6.01. The quantitative estimate of drug-likeness (QED) is 0.842. The van der Waals surface area contributed by atoms with Crippen LogP contribution in [0.3, 0.4) is 0 Å². The second kappa shape index (κ2) is 4.95. The highest BCUT2D eigenvalue weighted by molar-refractivity contribution is 6.31. The van der Waals surface area contributed by atoms with Gasteiger partial charge in [0.05, 0.1) is 0 Å². The molecule has 0 heterocycles. The first-order valence-electron chi connectivity index (χ1n) is 5.15. The molecular formula is C12H17ClFN. The van der Waals surface area contributed by atoms with Gasteiger partial charge in [-0.15, -0.1) is 0 Å². The second-order valence-corrected chi connectivity index (χ2v) is 4.69. The summed E-state index contributed by atoms with van der Waals surface area (Å²) in [7, 11) is 0. The molecule has 0 aliphatic heterocycles. The number of benzene rings is 1. The summed E-state index contributed by atoms with van der Waals surface area (Å²) in [5.41, 5.74) is 6.55. The highest BCUT2D eigenvalue weighted by atomic mass is 35.5. The summed E-state index contributed by atoms with van der Waals surface area (Å²) in [6.07, 6.45) is 1.67. The fraction of sp³-hybridized carbons (Fsp3) is 0.500. The monoisotopic (exact) mass is 229 g/mol. The van der Waals surface area contributed by atoms with Crippen molar-refractivity contribution in [1.29, 1.82) is 0 Å². The van der Waals surface area contributed by atoms with Gasteiger partial charge in [-0.05, 0) is 48.6 Å². The highest BCUT2D eigenvalue weighted by Gasteiger charge is 2.21. The lowest BCUT2D eigenvalue weighted by Gasteiger charge is -2.26. The molecule has 0 saturated heterocycles. The van der Waals surface area contributed by atoms with Crippen LogP contribution >= 0.6 is 11.6 Å². The van der Waals surface area contributed by atoms with Gasteiger partial charge in [0.1, 0.15) is 5.82 Å². The zero-order valence-electron chi connectivity index (χ0n) is 9.19. The Hall–Kier alpha value is -0.600. The molecule has 0 bridgehead atoms.